The van der Waals surface area contributed by atoms with Gasteiger partial charge >= 0.3 is 193 Å². The van der Waals surface area contributed by atoms with Crippen molar-refractivity contribution in [2.45, 2.75) is 6.92 Å². The third-order valence-corrected chi connectivity index (χ3v) is 9.37. The van der Waals surface area contributed by atoms with Gasteiger partial charge in [-0.05, 0) is 0 Å². The van der Waals surface area contributed by atoms with Crippen LogP contribution < -0.4 is 10.2 Å². The van der Waals surface area contributed by atoms with Crippen LogP contribution in [0.3, 0.4) is 0 Å². The fourth-order valence-electron chi connectivity index (χ4n) is 2.76. The molecule has 0 saturated carbocycles. The average molecular weight is 546 g/mol. The van der Waals surface area contributed by atoms with E-state index in [4.69, 9.17) is 7.80 Å². The summed E-state index contributed by atoms with van der Waals surface area (Å²) in [7, 11) is 1.64. The number of aromatic nitrogens is 1. The monoisotopic (exact) mass is 546 g/mol. The van der Waals surface area contributed by atoms with E-state index in [0.29, 0.717) is 0 Å². The maximum absolute atomic E-state index is 12.0. The number of ether oxygens (including phenoxy) is 1. The summed E-state index contributed by atoms with van der Waals surface area (Å²) >= 11 is -1.08. The second kappa shape index (κ2) is 9.88. The zero-order valence-corrected chi connectivity index (χ0v) is 20.0. The number of anilines is 1. The normalized spacial score (nSPS) is 11.8. The van der Waals surface area contributed by atoms with Gasteiger partial charge in [0.1, 0.15) is 0 Å². The van der Waals surface area contributed by atoms with Crippen LogP contribution in [-0.2, 0) is 7.86 Å². The fraction of sp³-hybridized carbons (Fsp3) is 0.0870. The zero-order valence-electron chi connectivity index (χ0n) is 17.0. The van der Waals surface area contributed by atoms with Crippen molar-refractivity contribution in [3.8, 4) is 5.75 Å². The van der Waals surface area contributed by atoms with Crippen molar-refractivity contribution in [2.24, 2.45) is 0 Å². The van der Waals surface area contributed by atoms with Crippen molar-refractivity contribution in [1.29, 1.82) is 0 Å². The van der Waals surface area contributed by atoms with Crippen molar-refractivity contribution in [3.63, 3.8) is 0 Å². The Hall–Kier alpha value is -2.98. The molecule has 0 atom stereocenters. The van der Waals surface area contributed by atoms with Gasteiger partial charge in [-0.3, -0.25) is 0 Å². The van der Waals surface area contributed by atoms with Crippen molar-refractivity contribution < 1.29 is 15.5 Å². The Morgan fingerprint density at radius 2 is 1.74 bits per heavy atom. The minimum absolute atomic E-state index is 0.312. The number of hydrogen-bond acceptors (Lipinski definition) is 6. The number of benzene rings is 3. The van der Waals surface area contributed by atoms with Gasteiger partial charge in [0.05, 0.1) is 0 Å². The van der Waals surface area contributed by atoms with E-state index < -0.39 is 20.5 Å². The van der Waals surface area contributed by atoms with E-state index in [1.807, 2.05) is 88.0 Å². The molecule has 0 amide bonds. The number of hydrazone groups is 1. The van der Waals surface area contributed by atoms with E-state index in [2.05, 4.69) is 10.4 Å². The molecule has 158 valence electrons. The molecule has 3 aromatic carbocycles. The molecule has 0 spiro atoms. The quantitative estimate of drug-likeness (QED) is 0.143. The summed E-state index contributed by atoms with van der Waals surface area (Å²) in [5.74, 6) is 0.467. The number of halogens is 1. The van der Waals surface area contributed by atoms with Crippen LogP contribution in [0.2, 0.25) is 0 Å². The third-order valence-electron chi connectivity index (χ3n) is 4.14. The molecular formula is C23H21IN3O3S+. The zero-order chi connectivity index (χ0) is 21.6. The molecule has 0 aliphatic heterocycles. The molecule has 0 unspecified atom stereocenters. The van der Waals surface area contributed by atoms with Gasteiger partial charge in [-0.15, -0.1) is 0 Å². The molecule has 0 radical (unpaired) electrons. The van der Waals surface area contributed by atoms with E-state index in [1.165, 1.54) is 6.92 Å². The molecule has 4 aromatic rings. The summed E-state index contributed by atoms with van der Waals surface area (Å²) in [5, 5.41) is 0.733. The first-order valence-electron chi connectivity index (χ1n) is 9.47. The minimum atomic E-state index is -2.64. The molecule has 1 aromatic heterocycles. The van der Waals surface area contributed by atoms with Crippen LogP contribution in [0, 0.1) is 3.57 Å². The number of nitrogens with one attached hydrogen (secondary N) is 1. The number of thiazole rings is 1. The molecule has 0 fully saturated rings. The molecule has 1 N–H and O–H groups in total. The number of carbonyl (C=O) groups excluding carboxylic acids is 1. The fourth-order valence-corrected chi connectivity index (χ4v) is 7.49. The number of hydrogen-bond donors (Lipinski definition) is 1. The van der Waals surface area contributed by atoms with Crippen LogP contribution in [-0.4, -0.2) is 27.2 Å². The molecular weight excluding hydrogens is 525 g/mol. The number of carbonyl (C=O) groups is 1. The summed E-state index contributed by atoms with van der Waals surface area (Å²) in [6, 6.07) is 25.5. The average Bonchev–Trinajstić information content (AvgIpc) is 3.20. The van der Waals surface area contributed by atoms with Gasteiger partial charge in [0.25, 0.3) is 0 Å². The van der Waals surface area contributed by atoms with Crippen molar-refractivity contribution in [3.05, 3.63) is 88.0 Å². The van der Waals surface area contributed by atoms with Gasteiger partial charge in [-0.25, -0.2) is 0 Å². The van der Waals surface area contributed by atoms with Crippen molar-refractivity contribution in [1.82, 2.24) is 4.98 Å². The third kappa shape index (κ3) is 5.39. The Morgan fingerprint density at radius 1 is 1.03 bits per heavy atom. The molecule has 4 rings (SSSR count). The van der Waals surface area contributed by atoms with Gasteiger partial charge in [0.2, 0.25) is 0 Å². The number of rotatable bonds is 7. The molecule has 8 heteroatoms. The van der Waals surface area contributed by atoms with Gasteiger partial charge in [0, 0.05) is 0 Å². The molecule has 0 aliphatic rings. The number of para-hydroxylation sites is 1. The van der Waals surface area contributed by atoms with Crippen molar-refractivity contribution in [2.75, 3.05) is 12.5 Å². The van der Waals surface area contributed by atoms with Crippen LogP contribution >= 0.6 is 31.8 Å². The summed E-state index contributed by atoms with van der Waals surface area (Å²) in [6.45, 7) is 1.44. The maximum atomic E-state index is 12.0. The summed E-state index contributed by atoms with van der Waals surface area (Å²) in [4.78, 5) is 16.7. The molecule has 6 nitrogen and oxygen atoms in total. The number of hydrazine groups is 1. The van der Waals surface area contributed by atoms with E-state index in [-0.39, 0.29) is 5.97 Å². The van der Waals surface area contributed by atoms with Crippen molar-refractivity contribution >= 4 is 59.4 Å². The molecule has 0 saturated heterocycles. The van der Waals surface area contributed by atoms with Crippen LogP contribution in [0.1, 0.15) is 12.5 Å². The van der Waals surface area contributed by atoms with Crippen LogP contribution in [0.25, 0.3) is 10.2 Å². The Morgan fingerprint density at radius 3 is 2.42 bits per heavy atom. The van der Waals surface area contributed by atoms with Crippen LogP contribution in [0.4, 0.5) is 5.13 Å². The van der Waals surface area contributed by atoms with Gasteiger partial charge < -0.3 is 0 Å². The first-order valence-corrected chi connectivity index (χ1v) is 13.2. The van der Waals surface area contributed by atoms with E-state index in [1.54, 1.807) is 18.4 Å². The SMILES string of the molecule is COc1ccc(/C=[N+](/Nc2nc3ccccc3s2)I(OC(C)=O)c2ccccc2)cc1. The predicted octanol–water partition coefficient (Wildman–Crippen LogP) is 5.53. The number of nitrogens with zero attached hydrogens (tertiary/aromatic N) is 2. The van der Waals surface area contributed by atoms with Crippen LogP contribution in [0.15, 0.2) is 78.9 Å². The number of fused-ring (bicyclic) bond motifs is 1. The second-order valence-electron chi connectivity index (χ2n) is 6.41. The second-order valence-corrected chi connectivity index (χ2v) is 11.5. The molecule has 0 aliphatic carbocycles. The van der Waals surface area contributed by atoms with Gasteiger partial charge in [-0.2, -0.15) is 0 Å². The van der Waals surface area contributed by atoms with E-state index in [9.17, 15) is 4.79 Å². The van der Waals surface area contributed by atoms with E-state index in [0.717, 1.165) is 30.2 Å². The topological polar surface area (TPSA) is 63.5 Å². The number of methoxy groups -OCH3 is 1. The Labute approximate surface area is 192 Å². The van der Waals surface area contributed by atoms with Crippen LogP contribution in [0.5, 0.6) is 5.75 Å². The molecule has 0 bridgehead atoms. The summed E-state index contributed by atoms with van der Waals surface area (Å²) < 4.78 is 15.1. The van der Waals surface area contributed by atoms with Gasteiger partial charge in [-0.1, -0.05) is 0 Å². The standard InChI is InChI=1S/C23H21IN3O3S/c1-17(28)30-24(19-8-4-3-5-9-19)27(16-18-12-14-20(29-2)15-13-18)26-23-25-21-10-6-7-11-22(21)31-23/h3-16H,1-2H3,(H,25,26)/q+1/b27-16+. The Kier molecular flexibility index (Phi) is 6.78. The summed E-state index contributed by atoms with van der Waals surface area (Å²) in [5.41, 5.74) is 5.26. The first kappa shape index (κ1) is 21.3. The predicted molar refractivity (Wildman–Crippen MR) is 133 cm³/mol. The summed E-state index contributed by atoms with van der Waals surface area (Å²) in [6.07, 6.45) is 1.95. The molecule has 31 heavy (non-hydrogen) atoms. The van der Waals surface area contributed by atoms with Gasteiger partial charge in [0.15, 0.2) is 0 Å². The molecule has 1 heterocycles. The Bertz CT molecular complexity index is 1180. The van der Waals surface area contributed by atoms with E-state index >= 15 is 0 Å². The first-order chi connectivity index (χ1) is 15.1. The Balaban J connectivity index is 1.77.